The maximum Gasteiger partial charge on any atom is 0.256 e. The van der Waals surface area contributed by atoms with Gasteiger partial charge in [0.05, 0.1) is 23.4 Å². The minimum absolute atomic E-state index is 0.0749. The van der Waals surface area contributed by atoms with E-state index >= 15 is 0 Å². The highest BCUT2D eigenvalue weighted by molar-refractivity contribution is 5.94. The number of piperazine rings is 1. The van der Waals surface area contributed by atoms with Crippen LogP contribution >= 0.6 is 0 Å². The average Bonchev–Trinajstić information content (AvgIpc) is 2.68. The minimum Gasteiger partial charge on any atom is -0.368 e. The topological polar surface area (TPSA) is 41.4 Å². The summed E-state index contributed by atoms with van der Waals surface area (Å²) in [7, 11) is 2.15. The first-order valence-electron chi connectivity index (χ1n) is 9.52. The zero-order valence-corrected chi connectivity index (χ0v) is 16.3. The quantitative estimate of drug-likeness (QED) is 0.718. The largest absolute Gasteiger partial charge is 0.368 e. The Kier molecular flexibility index (Phi) is 4.70. The number of hydrogen-bond acceptors (Lipinski definition) is 4. The van der Waals surface area contributed by atoms with Crippen molar-refractivity contribution >= 4 is 16.6 Å². The lowest BCUT2D eigenvalue weighted by atomic mass is 10.0. The van der Waals surface area contributed by atoms with Crippen molar-refractivity contribution in [3.8, 4) is 0 Å². The number of pyridine rings is 2. The van der Waals surface area contributed by atoms with Crippen LogP contribution in [0.5, 0.6) is 0 Å². The third-order valence-electron chi connectivity index (χ3n) is 5.48. The SMILES string of the molecule is Cc1ccc2c(c1)c(N1CCN(C)CC1)c(C)c(=O)n2Cc1ccccn1. The lowest BCUT2D eigenvalue weighted by Gasteiger charge is -2.35. The zero-order valence-electron chi connectivity index (χ0n) is 16.3. The van der Waals surface area contributed by atoms with E-state index in [-0.39, 0.29) is 5.56 Å². The predicted octanol–water partition coefficient (Wildman–Crippen LogP) is 2.81. The van der Waals surface area contributed by atoms with Crippen molar-refractivity contribution in [1.29, 1.82) is 0 Å². The summed E-state index contributed by atoms with van der Waals surface area (Å²) in [4.78, 5) is 22.4. The van der Waals surface area contributed by atoms with E-state index in [0.717, 1.165) is 54.0 Å². The highest BCUT2D eigenvalue weighted by Crippen LogP contribution is 2.30. The fourth-order valence-corrected chi connectivity index (χ4v) is 3.94. The Morgan fingerprint density at radius 1 is 1.04 bits per heavy atom. The normalized spacial score (nSPS) is 15.4. The van der Waals surface area contributed by atoms with Crippen molar-refractivity contribution in [3.63, 3.8) is 0 Å². The first-order valence-corrected chi connectivity index (χ1v) is 9.52. The third kappa shape index (κ3) is 3.35. The molecule has 1 saturated heterocycles. The van der Waals surface area contributed by atoms with Crippen molar-refractivity contribution in [2.75, 3.05) is 38.1 Å². The molecule has 0 spiro atoms. The van der Waals surface area contributed by atoms with Crippen molar-refractivity contribution in [1.82, 2.24) is 14.5 Å². The number of nitrogens with zero attached hydrogens (tertiary/aromatic N) is 4. The number of aromatic nitrogens is 2. The molecular weight excluding hydrogens is 336 g/mol. The van der Waals surface area contributed by atoms with Gasteiger partial charge in [-0.2, -0.15) is 0 Å². The van der Waals surface area contributed by atoms with E-state index in [1.807, 2.05) is 29.7 Å². The summed E-state index contributed by atoms with van der Waals surface area (Å²) >= 11 is 0. The molecule has 140 valence electrons. The smallest absolute Gasteiger partial charge is 0.256 e. The van der Waals surface area contributed by atoms with Crippen LogP contribution in [0.3, 0.4) is 0 Å². The van der Waals surface area contributed by atoms with E-state index < -0.39 is 0 Å². The van der Waals surface area contributed by atoms with Crippen molar-refractivity contribution in [3.05, 3.63) is 69.8 Å². The van der Waals surface area contributed by atoms with Gasteiger partial charge in [-0.15, -0.1) is 0 Å². The number of hydrogen-bond donors (Lipinski definition) is 0. The summed E-state index contributed by atoms with van der Waals surface area (Å²) in [6.07, 6.45) is 1.78. The maximum absolute atomic E-state index is 13.3. The van der Waals surface area contributed by atoms with Crippen LogP contribution in [0.15, 0.2) is 47.4 Å². The Labute approximate surface area is 159 Å². The van der Waals surface area contributed by atoms with Crippen LogP contribution in [0, 0.1) is 13.8 Å². The van der Waals surface area contributed by atoms with Gasteiger partial charge in [-0.05, 0) is 45.2 Å². The van der Waals surface area contributed by atoms with Gasteiger partial charge in [-0.3, -0.25) is 9.78 Å². The Morgan fingerprint density at radius 3 is 2.52 bits per heavy atom. The van der Waals surface area contributed by atoms with Crippen LogP contribution in [0.4, 0.5) is 5.69 Å². The van der Waals surface area contributed by atoms with Crippen LogP contribution in [-0.2, 0) is 6.54 Å². The van der Waals surface area contributed by atoms with Crippen molar-refractivity contribution < 1.29 is 0 Å². The molecule has 1 aromatic carbocycles. The summed E-state index contributed by atoms with van der Waals surface area (Å²) in [5.41, 5.74) is 5.09. The number of fused-ring (bicyclic) bond motifs is 1. The molecular formula is C22H26N4O. The van der Waals surface area contributed by atoms with E-state index in [9.17, 15) is 4.79 Å². The van der Waals surface area contributed by atoms with Gasteiger partial charge in [0, 0.05) is 43.3 Å². The molecule has 1 fully saturated rings. The van der Waals surface area contributed by atoms with Gasteiger partial charge in [0.1, 0.15) is 0 Å². The highest BCUT2D eigenvalue weighted by Gasteiger charge is 2.22. The van der Waals surface area contributed by atoms with E-state index in [4.69, 9.17) is 0 Å². The summed E-state index contributed by atoms with van der Waals surface area (Å²) in [6, 6.07) is 12.2. The molecule has 5 heteroatoms. The summed E-state index contributed by atoms with van der Waals surface area (Å²) in [5, 5.41) is 1.16. The number of likely N-dealkylation sites (N-methyl/N-ethyl adjacent to an activating group) is 1. The molecule has 2 aromatic heterocycles. The number of aryl methyl sites for hydroxylation is 1. The van der Waals surface area contributed by atoms with Gasteiger partial charge < -0.3 is 14.4 Å². The Bertz CT molecular complexity index is 1020. The monoisotopic (exact) mass is 362 g/mol. The third-order valence-corrected chi connectivity index (χ3v) is 5.48. The van der Waals surface area contributed by atoms with Crippen LogP contribution in [0.1, 0.15) is 16.8 Å². The first-order chi connectivity index (χ1) is 13.0. The number of rotatable bonds is 3. The highest BCUT2D eigenvalue weighted by atomic mass is 16.1. The Balaban J connectivity index is 1.90. The average molecular weight is 362 g/mol. The molecule has 0 bridgehead atoms. The van der Waals surface area contributed by atoms with Gasteiger partial charge >= 0.3 is 0 Å². The van der Waals surface area contributed by atoms with Crippen LogP contribution in [-0.4, -0.2) is 47.7 Å². The predicted molar refractivity (Wildman–Crippen MR) is 111 cm³/mol. The molecule has 5 nitrogen and oxygen atoms in total. The number of benzene rings is 1. The molecule has 3 aromatic rings. The van der Waals surface area contributed by atoms with E-state index in [1.54, 1.807) is 6.20 Å². The fourth-order valence-electron chi connectivity index (χ4n) is 3.94. The molecule has 3 heterocycles. The molecule has 1 aliphatic heterocycles. The van der Waals surface area contributed by atoms with Gasteiger partial charge in [0.15, 0.2) is 0 Å². The van der Waals surface area contributed by atoms with Gasteiger partial charge in [-0.25, -0.2) is 0 Å². The molecule has 0 amide bonds. The second-order valence-electron chi connectivity index (χ2n) is 7.50. The second-order valence-corrected chi connectivity index (χ2v) is 7.50. The van der Waals surface area contributed by atoms with Crippen molar-refractivity contribution in [2.24, 2.45) is 0 Å². The minimum atomic E-state index is 0.0749. The molecule has 1 aliphatic rings. The Hall–Kier alpha value is -2.66. The molecule has 4 rings (SSSR count). The summed E-state index contributed by atoms with van der Waals surface area (Å²) in [5.74, 6) is 0. The molecule has 0 radical (unpaired) electrons. The summed E-state index contributed by atoms with van der Waals surface area (Å²) < 4.78 is 1.87. The van der Waals surface area contributed by atoms with Gasteiger partial charge in [0.25, 0.3) is 5.56 Å². The van der Waals surface area contributed by atoms with Gasteiger partial charge in [0.2, 0.25) is 0 Å². The number of anilines is 1. The standard InChI is InChI=1S/C22H26N4O/c1-16-7-8-20-19(14-16)21(25-12-10-24(3)11-13-25)17(2)22(27)26(20)15-18-6-4-5-9-23-18/h4-9,14H,10-13,15H2,1-3H3. The molecule has 0 unspecified atom stereocenters. The van der Waals surface area contributed by atoms with E-state index in [1.165, 1.54) is 5.56 Å². The lowest BCUT2D eigenvalue weighted by Crippen LogP contribution is -2.45. The lowest BCUT2D eigenvalue weighted by molar-refractivity contribution is 0.313. The summed E-state index contributed by atoms with van der Waals surface area (Å²) in [6.45, 7) is 8.49. The second kappa shape index (κ2) is 7.16. The zero-order chi connectivity index (χ0) is 19.0. The first kappa shape index (κ1) is 17.7. The molecule has 0 atom stereocenters. The van der Waals surface area contributed by atoms with Crippen LogP contribution < -0.4 is 10.5 Å². The van der Waals surface area contributed by atoms with E-state index in [0.29, 0.717) is 6.54 Å². The van der Waals surface area contributed by atoms with E-state index in [2.05, 4.69) is 47.0 Å². The van der Waals surface area contributed by atoms with Crippen molar-refractivity contribution in [2.45, 2.75) is 20.4 Å². The maximum atomic E-state index is 13.3. The molecule has 0 aliphatic carbocycles. The van der Waals surface area contributed by atoms with Crippen LogP contribution in [0.2, 0.25) is 0 Å². The van der Waals surface area contributed by atoms with Crippen LogP contribution in [0.25, 0.3) is 10.9 Å². The molecule has 27 heavy (non-hydrogen) atoms. The van der Waals surface area contributed by atoms with Gasteiger partial charge in [-0.1, -0.05) is 17.7 Å². The Morgan fingerprint density at radius 2 is 1.81 bits per heavy atom. The molecule has 0 N–H and O–H groups in total. The fraction of sp³-hybridized carbons (Fsp3) is 0.364. The molecule has 0 saturated carbocycles.